The van der Waals surface area contributed by atoms with E-state index in [1.165, 1.54) is 17.0 Å². The van der Waals surface area contributed by atoms with Crippen molar-refractivity contribution in [1.29, 1.82) is 0 Å². The molecule has 1 N–H and O–H groups in total. The summed E-state index contributed by atoms with van der Waals surface area (Å²) in [5.74, 6) is -0.536. The molecule has 0 radical (unpaired) electrons. The van der Waals surface area contributed by atoms with Gasteiger partial charge in [-0.2, -0.15) is 0 Å². The van der Waals surface area contributed by atoms with Crippen LogP contribution in [-0.4, -0.2) is 44.7 Å². The second-order valence-electron chi connectivity index (χ2n) is 10.4. The molecule has 2 aromatic carbocycles. The minimum atomic E-state index is -0.446. The molecule has 1 heterocycles. The smallest absolute Gasteiger partial charge is 0.327 e. The van der Waals surface area contributed by atoms with E-state index >= 15 is 0 Å². The summed E-state index contributed by atoms with van der Waals surface area (Å²) >= 11 is 0. The second-order valence-corrected chi connectivity index (χ2v) is 10.4. The lowest BCUT2D eigenvalue weighted by Crippen LogP contribution is -2.61. The zero-order valence-electron chi connectivity index (χ0n) is 20.8. The van der Waals surface area contributed by atoms with Crippen LogP contribution in [0.3, 0.4) is 0 Å². The Morgan fingerprint density at radius 3 is 2.35 bits per heavy atom. The highest BCUT2D eigenvalue weighted by atomic mass is 16.6. The van der Waals surface area contributed by atoms with E-state index < -0.39 is 4.92 Å². The van der Waals surface area contributed by atoms with Crippen molar-refractivity contribution in [2.45, 2.75) is 76.5 Å². The van der Waals surface area contributed by atoms with Gasteiger partial charge in [0.25, 0.3) is 11.6 Å². The average molecular weight is 505 g/mol. The van der Waals surface area contributed by atoms with E-state index in [-0.39, 0.29) is 54.6 Å². The first kappa shape index (κ1) is 24.9. The SMILES string of the molecule is O=C(NC1CCCC1)c1ccc(CN2C(=O)C3CCCCC3N(Cc3cccc([N+](=O)[O-])c3)C2=O)cc1. The van der Waals surface area contributed by atoms with Crippen LogP contribution in [0.4, 0.5) is 10.5 Å². The van der Waals surface area contributed by atoms with Crippen LogP contribution >= 0.6 is 0 Å². The van der Waals surface area contributed by atoms with Crippen molar-refractivity contribution < 1.29 is 19.3 Å². The van der Waals surface area contributed by atoms with Crippen molar-refractivity contribution in [3.63, 3.8) is 0 Å². The Morgan fingerprint density at radius 2 is 1.62 bits per heavy atom. The summed E-state index contributed by atoms with van der Waals surface area (Å²) < 4.78 is 0. The minimum Gasteiger partial charge on any atom is -0.349 e. The van der Waals surface area contributed by atoms with Crippen molar-refractivity contribution in [1.82, 2.24) is 15.1 Å². The lowest BCUT2D eigenvalue weighted by molar-refractivity contribution is -0.384. The molecule has 3 fully saturated rings. The molecule has 2 saturated carbocycles. The van der Waals surface area contributed by atoms with Crippen molar-refractivity contribution in [2.75, 3.05) is 0 Å². The lowest BCUT2D eigenvalue weighted by Gasteiger charge is -2.47. The summed E-state index contributed by atoms with van der Waals surface area (Å²) in [4.78, 5) is 53.4. The summed E-state index contributed by atoms with van der Waals surface area (Å²) in [5, 5.41) is 14.3. The van der Waals surface area contributed by atoms with E-state index in [0.717, 1.165) is 56.9 Å². The molecule has 2 unspecified atom stereocenters. The maximum absolute atomic E-state index is 13.6. The van der Waals surface area contributed by atoms with Crippen molar-refractivity contribution >= 4 is 23.5 Å². The molecule has 2 aromatic rings. The molecule has 9 heteroatoms. The molecule has 0 spiro atoms. The van der Waals surface area contributed by atoms with E-state index in [9.17, 15) is 24.5 Å². The van der Waals surface area contributed by atoms with Gasteiger partial charge in [0.2, 0.25) is 5.91 Å². The van der Waals surface area contributed by atoms with Crippen LogP contribution in [-0.2, 0) is 17.9 Å². The number of nitrogens with zero attached hydrogens (tertiary/aromatic N) is 3. The molecule has 0 bridgehead atoms. The average Bonchev–Trinajstić information content (AvgIpc) is 3.42. The second kappa shape index (κ2) is 10.7. The first-order valence-electron chi connectivity index (χ1n) is 13.2. The Hall–Kier alpha value is -3.75. The van der Waals surface area contributed by atoms with Gasteiger partial charge in [0.05, 0.1) is 17.4 Å². The molecule has 37 heavy (non-hydrogen) atoms. The number of carbonyl (C=O) groups is 3. The third kappa shape index (κ3) is 5.35. The topological polar surface area (TPSA) is 113 Å². The highest BCUT2D eigenvalue weighted by Crippen LogP contribution is 2.36. The highest BCUT2D eigenvalue weighted by molar-refractivity contribution is 5.99. The number of rotatable bonds is 7. The van der Waals surface area contributed by atoms with Crippen LogP contribution in [0.1, 0.15) is 72.9 Å². The van der Waals surface area contributed by atoms with Gasteiger partial charge in [0.15, 0.2) is 0 Å². The van der Waals surface area contributed by atoms with Gasteiger partial charge in [-0.05, 0) is 48.9 Å². The molecule has 5 rings (SSSR count). The molecule has 194 valence electrons. The van der Waals surface area contributed by atoms with Gasteiger partial charge in [0.1, 0.15) is 0 Å². The Kier molecular flexibility index (Phi) is 7.21. The number of amides is 4. The third-order valence-corrected chi connectivity index (χ3v) is 7.91. The molecular weight excluding hydrogens is 472 g/mol. The standard InChI is InChI=1S/C28H32N4O5/c33-26(29-22-7-1-2-8-22)21-14-12-19(13-15-21)17-31-27(34)24-10-3-4-11-25(24)30(28(31)35)18-20-6-5-9-23(16-20)32(36)37/h5-6,9,12-16,22,24-25H,1-4,7-8,10-11,17-18H2,(H,29,33). The number of hydrogen-bond donors (Lipinski definition) is 1. The highest BCUT2D eigenvalue weighted by Gasteiger charge is 2.46. The van der Waals surface area contributed by atoms with Gasteiger partial charge in [-0.15, -0.1) is 0 Å². The summed E-state index contributed by atoms with van der Waals surface area (Å²) in [6.45, 7) is 0.336. The van der Waals surface area contributed by atoms with Crippen LogP contribution < -0.4 is 5.32 Å². The third-order valence-electron chi connectivity index (χ3n) is 7.91. The molecule has 3 aliphatic rings. The van der Waals surface area contributed by atoms with E-state index in [0.29, 0.717) is 11.1 Å². The molecule has 1 aliphatic heterocycles. The summed E-state index contributed by atoms with van der Waals surface area (Å²) in [7, 11) is 0. The molecule has 0 aromatic heterocycles. The summed E-state index contributed by atoms with van der Waals surface area (Å²) in [6, 6.07) is 13.0. The van der Waals surface area contributed by atoms with Crippen LogP contribution in [0.5, 0.6) is 0 Å². The van der Waals surface area contributed by atoms with Gasteiger partial charge in [-0.3, -0.25) is 24.6 Å². The molecule has 2 atom stereocenters. The lowest BCUT2D eigenvalue weighted by atomic mass is 9.81. The number of hydrogen-bond acceptors (Lipinski definition) is 5. The van der Waals surface area contributed by atoms with E-state index in [1.807, 2.05) is 0 Å². The van der Waals surface area contributed by atoms with E-state index in [2.05, 4.69) is 5.32 Å². The van der Waals surface area contributed by atoms with Crippen molar-refractivity contribution in [2.24, 2.45) is 5.92 Å². The number of nitro benzene ring substituents is 1. The number of imide groups is 1. The molecule has 4 amide bonds. The molecular formula is C28H32N4O5. The summed E-state index contributed by atoms with van der Waals surface area (Å²) in [5.41, 5.74) is 1.97. The fourth-order valence-electron chi connectivity index (χ4n) is 5.94. The van der Waals surface area contributed by atoms with Gasteiger partial charge >= 0.3 is 6.03 Å². The first-order valence-corrected chi connectivity index (χ1v) is 13.2. The zero-order valence-corrected chi connectivity index (χ0v) is 20.8. The van der Waals surface area contributed by atoms with E-state index in [1.54, 1.807) is 41.3 Å². The number of benzene rings is 2. The van der Waals surface area contributed by atoms with Gasteiger partial charge in [0, 0.05) is 36.3 Å². The number of urea groups is 1. The Labute approximate surface area is 216 Å². The number of nitrogens with one attached hydrogen (secondary N) is 1. The van der Waals surface area contributed by atoms with Crippen molar-refractivity contribution in [3.8, 4) is 0 Å². The maximum Gasteiger partial charge on any atom is 0.327 e. The summed E-state index contributed by atoms with van der Waals surface area (Å²) in [6.07, 6.45) is 7.65. The van der Waals surface area contributed by atoms with Gasteiger partial charge < -0.3 is 10.2 Å². The number of non-ortho nitro benzene ring substituents is 1. The Balaban J connectivity index is 1.33. The molecule has 2 aliphatic carbocycles. The largest absolute Gasteiger partial charge is 0.349 e. The Bertz CT molecular complexity index is 1190. The monoisotopic (exact) mass is 504 g/mol. The van der Waals surface area contributed by atoms with Gasteiger partial charge in [-0.1, -0.05) is 49.9 Å². The fourth-order valence-corrected chi connectivity index (χ4v) is 5.94. The zero-order chi connectivity index (χ0) is 25.9. The van der Waals surface area contributed by atoms with Crippen molar-refractivity contribution in [3.05, 3.63) is 75.3 Å². The molecule has 1 saturated heterocycles. The van der Waals surface area contributed by atoms with Crippen LogP contribution in [0.2, 0.25) is 0 Å². The maximum atomic E-state index is 13.6. The van der Waals surface area contributed by atoms with Gasteiger partial charge in [-0.25, -0.2) is 4.79 Å². The van der Waals surface area contributed by atoms with Crippen LogP contribution in [0, 0.1) is 16.0 Å². The number of fused-ring (bicyclic) bond motifs is 1. The number of nitro groups is 1. The predicted molar refractivity (Wildman–Crippen MR) is 136 cm³/mol. The quantitative estimate of drug-likeness (QED) is 0.430. The number of carbonyl (C=O) groups excluding carboxylic acids is 3. The minimum absolute atomic E-state index is 0.0212. The molecule has 9 nitrogen and oxygen atoms in total. The fraction of sp³-hybridized carbons (Fsp3) is 0.464. The predicted octanol–water partition coefficient (Wildman–Crippen LogP) is 4.79. The first-order chi connectivity index (χ1) is 17.9. The van der Waals surface area contributed by atoms with E-state index in [4.69, 9.17) is 0 Å². The Morgan fingerprint density at radius 1 is 0.919 bits per heavy atom. The normalized spacial score (nSPS) is 22.2. The van der Waals surface area contributed by atoms with Crippen LogP contribution in [0.15, 0.2) is 48.5 Å². The van der Waals surface area contributed by atoms with Crippen LogP contribution in [0.25, 0.3) is 0 Å².